The van der Waals surface area contributed by atoms with E-state index in [0.717, 1.165) is 18.5 Å². The second-order valence-electron chi connectivity index (χ2n) is 8.56. The molecular weight excluding hydrogens is 402 g/mol. The summed E-state index contributed by atoms with van der Waals surface area (Å²) in [5, 5.41) is 2.89. The predicted molar refractivity (Wildman–Crippen MR) is 112 cm³/mol. The maximum absolute atomic E-state index is 14.7. The first-order valence-electron chi connectivity index (χ1n) is 10.8. The lowest BCUT2D eigenvalue weighted by Crippen LogP contribution is -2.50. The van der Waals surface area contributed by atoms with Crippen molar-refractivity contribution < 1.29 is 18.3 Å². The molecule has 1 saturated heterocycles. The number of nitrogens with zero attached hydrogens (tertiary/aromatic N) is 3. The zero-order valence-corrected chi connectivity index (χ0v) is 18.1. The Labute approximate surface area is 181 Å². The van der Waals surface area contributed by atoms with E-state index in [1.54, 1.807) is 13.1 Å². The number of benzene rings is 1. The fourth-order valence-electron chi connectivity index (χ4n) is 4.33. The molecular formula is C23H28F2N4O2. The second kappa shape index (κ2) is 8.96. The molecule has 6 nitrogen and oxygen atoms in total. The van der Waals surface area contributed by atoms with Crippen LogP contribution >= 0.6 is 0 Å². The summed E-state index contributed by atoms with van der Waals surface area (Å²) in [6.45, 7) is 6.75. The number of aryl methyl sites for hydroxylation is 1. The van der Waals surface area contributed by atoms with Crippen LogP contribution in [0.4, 0.5) is 8.78 Å². The van der Waals surface area contributed by atoms with E-state index in [9.17, 15) is 13.6 Å². The minimum atomic E-state index is -0.658. The molecule has 8 heteroatoms. The lowest BCUT2D eigenvalue weighted by atomic mass is 10.0. The van der Waals surface area contributed by atoms with Gasteiger partial charge in [0, 0.05) is 37.3 Å². The molecule has 2 heterocycles. The number of amides is 1. The van der Waals surface area contributed by atoms with Gasteiger partial charge in [-0.1, -0.05) is 6.07 Å². The standard InChI is InChI=1S/C23H28F2N4O2/c1-13-11-29(12-14(2)31-13)20(21-18(24)5-4-6-19(21)25)10-27-23(30)17-9-26-15(3)28-22(17)16-7-8-16/h4-6,9,13-14,16,20H,7-8,10-12H2,1-3H3,(H,27,30). The molecule has 1 aliphatic heterocycles. The third-order valence-corrected chi connectivity index (χ3v) is 5.82. The fourth-order valence-corrected chi connectivity index (χ4v) is 4.33. The Morgan fingerprint density at radius 2 is 1.87 bits per heavy atom. The highest BCUT2D eigenvalue weighted by Crippen LogP contribution is 2.40. The lowest BCUT2D eigenvalue weighted by molar-refractivity contribution is -0.0811. The van der Waals surface area contributed by atoms with Gasteiger partial charge in [-0.15, -0.1) is 0 Å². The van der Waals surface area contributed by atoms with E-state index in [-0.39, 0.29) is 36.1 Å². The van der Waals surface area contributed by atoms with Crippen molar-refractivity contribution >= 4 is 5.91 Å². The van der Waals surface area contributed by atoms with Gasteiger partial charge in [0.05, 0.1) is 29.5 Å². The van der Waals surface area contributed by atoms with Gasteiger partial charge >= 0.3 is 0 Å². The third kappa shape index (κ3) is 4.91. The second-order valence-corrected chi connectivity index (χ2v) is 8.56. The van der Waals surface area contributed by atoms with Crippen molar-refractivity contribution in [2.24, 2.45) is 0 Å². The first-order valence-corrected chi connectivity index (χ1v) is 10.8. The molecule has 2 aromatic rings. The zero-order chi connectivity index (χ0) is 22.1. The summed E-state index contributed by atoms with van der Waals surface area (Å²) in [5.74, 6) is -0.658. The van der Waals surface area contributed by atoms with Gasteiger partial charge < -0.3 is 10.1 Å². The van der Waals surface area contributed by atoms with Crippen LogP contribution in [0.2, 0.25) is 0 Å². The van der Waals surface area contributed by atoms with Gasteiger partial charge in [0.2, 0.25) is 0 Å². The summed E-state index contributed by atoms with van der Waals surface area (Å²) in [6, 6.07) is 3.19. The molecule has 0 bridgehead atoms. The van der Waals surface area contributed by atoms with Crippen molar-refractivity contribution in [3.63, 3.8) is 0 Å². The first kappa shape index (κ1) is 21.8. The van der Waals surface area contributed by atoms with Gasteiger partial charge in [0.25, 0.3) is 5.91 Å². The molecule has 4 rings (SSSR count). The zero-order valence-electron chi connectivity index (χ0n) is 18.1. The van der Waals surface area contributed by atoms with Gasteiger partial charge in [-0.2, -0.15) is 0 Å². The molecule has 1 aromatic carbocycles. The van der Waals surface area contributed by atoms with E-state index in [4.69, 9.17) is 4.74 Å². The van der Waals surface area contributed by atoms with E-state index in [1.165, 1.54) is 18.2 Å². The summed E-state index contributed by atoms with van der Waals surface area (Å²) in [7, 11) is 0. The number of hydrogen-bond donors (Lipinski definition) is 1. The van der Waals surface area contributed by atoms with Crippen LogP contribution < -0.4 is 5.32 Å². The Kier molecular flexibility index (Phi) is 6.29. The van der Waals surface area contributed by atoms with Crippen LogP contribution in [0, 0.1) is 18.6 Å². The van der Waals surface area contributed by atoms with Crippen LogP contribution in [-0.4, -0.2) is 52.6 Å². The predicted octanol–water partition coefficient (Wildman–Crippen LogP) is 3.52. The average molecular weight is 430 g/mol. The Morgan fingerprint density at radius 1 is 1.23 bits per heavy atom. The summed E-state index contributed by atoms with van der Waals surface area (Å²) in [6.07, 6.45) is 3.39. The smallest absolute Gasteiger partial charge is 0.254 e. The maximum Gasteiger partial charge on any atom is 0.254 e. The molecule has 0 radical (unpaired) electrons. The third-order valence-electron chi connectivity index (χ3n) is 5.82. The quantitative estimate of drug-likeness (QED) is 0.760. The number of hydrogen-bond acceptors (Lipinski definition) is 5. The van der Waals surface area contributed by atoms with Crippen molar-refractivity contribution in [2.45, 2.75) is 57.8 Å². The molecule has 2 aliphatic rings. The van der Waals surface area contributed by atoms with Gasteiger partial charge in [-0.05, 0) is 45.7 Å². The number of carbonyl (C=O) groups excluding carboxylic acids is 1. The molecule has 2 fully saturated rings. The summed E-state index contributed by atoms with van der Waals surface area (Å²) in [4.78, 5) is 23.6. The summed E-state index contributed by atoms with van der Waals surface area (Å²) < 4.78 is 35.2. The average Bonchev–Trinajstić information content (AvgIpc) is 3.54. The van der Waals surface area contributed by atoms with Crippen molar-refractivity contribution in [3.8, 4) is 0 Å². The Hall–Kier alpha value is -2.45. The topological polar surface area (TPSA) is 67.4 Å². The van der Waals surface area contributed by atoms with E-state index in [0.29, 0.717) is 24.5 Å². The molecule has 166 valence electrons. The highest BCUT2D eigenvalue weighted by atomic mass is 19.1. The van der Waals surface area contributed by atoms with Gasteiger partial charge in [0.15, 0.2) is 0 Å². The lowest BCUT2D eigenvalue weighted by Gasteiger charge is -2.40. The van der Waals surface area contributed by atoms with Crippen molar-refractivity contribution in [1.82, 2.24) is 20.2 Å². The number of aromatic nitrogens is 2. The Morgan fingerprint density at radius 3 is 2.48 bits per heavy atom. The Balaban J connectivity index is 1.59. The fraction of sp³-hybridized carbons (Fsp3) is 0.522. The molecule has 1 aromatic heterocycles. The molecule has 1 N–H and O–H groups in total. The number of halogens is 2. The minimum absolute atomic E-state index is 0.0355. The summed E-state index contributed by atoms with van der Waals surface area (Å²) >= 11 is 0. The maximum atomic E-state index is 14.7. The molecule has 1 saturated carbocycles. The van der Waals surface area contributed by atoms with Crippen LogP contribution in [0.15, 0.2) is 24.4 Å². The van der Waals surface area contributed by atoms with Crippen molar-refractivity contribution in [1.29, 1.82) is 0 Å². The molecule has 1 aliphatic carbocycles. The van der Waals surface area contributed by atoms with Crippen LogP contribution in [0.1, 0.15) is 66.1 Å². The SMILES string of the molecule is Cc1ncc(C(=O)NCC(c2c(F)cccc2F)N2CC(C)OC(C)C2)c(C2CC2)n1. The number of ether oxygens (including phenoxy) is 1. The van der Waals surface area contributed by atoms with Gasteiger partial charge in [-0.3, -0.25) is 9.69 Å². The van der Waals surface area contributed by atoms with Gasteiger partial charge in [0.1, 0.15) is 17.5 Å². The van der Waals surface area contributed by atoms with Crippen LogP contribution in [0.5, 0.6) is 0 Å². The molecule has 3 atom stereocenters. The van der Waals surface area contributed by atoms with Gasteiger partial charge in [-0.25, -0.2) is 18.7 Å². The number of morpholine rings is 1. The Bertz CT molecular complexity index is 936. The number of nitrogens with one attached hydrogen (secondary N) is 1. The number of rotatable bonds is 6. The first-order chi connectivity index (χ1) is 14.8. The van der Waals surface area contributed by atoms with E-state index in [2.05, 4.69) is 15.3 Å². The van der Waals surface area contributed by atoms with Crippen molar-refractivity contribution in [2.75, 3.05) is 19.6 Å². The molecule has 3 unspecified atom stereocenters. The highest BCUT2D eigenvalue weighted by Gasteiger charge is 2.34. The van der Waals surface area contributed by atoms with Crippen LogP contribution in [-0.2, 0) is 4.74 Å². The molecule has 0 spiro atoms. The monoisotopic (exact) mass is 430 g/mol. The van der Waals surface area contributed by atoms with Crippen LogP contribution in [0.3, 0.4) is 0 Å². The normalized spacial score (nSPS) is 22.9. The number of carbonyl (C=O) groups is 1. The minimum Gasteiger partial charge on any atom is -0.373 e. The van der Waals surface area contributed by atoms with E-state index >= 15 is 0 Å². The largest absolute Gasteiger partial charge is 0.373 e. The highest BCUT2D eigenvalue weighted by molar-refractivity contribution is 5.95. The summed E-state index contributed by atoms with van der Waals surface area (Å²) in [5.41, 5.74) is 1.16. The van der Waals surface area contributed by atoms with E-state index < -0.39 is 17.7 Å². The molecule has 1 amide bonds. The molecule has 31 heavy (non-hydrogen) atoms. The van der Waals surface area contributed by atoms with Crippen molar-refractivity contribution in [3.05, 3.63) is 58.7 Å². The van der Waals surface area contributed by atoms with Crippen LogP contribution in [0.25, 0.3) is 0 Å². The van der Waals surface area contributed by atoms with E-state index in [1.807, 2.05) is 18.7 Å².